The van der Waals surface area contributed by atoms with Crippen LogP contribution in [0.4, 0.5) is 39.5 Å². The molecular weight excluding hydrogens is 431 g/mol. The SMILES string of the molecule is CC(C)(C)CN1C(=O)C(=O)N(CCC(F)(F)C(F)(F)C(F)(F)C(F)(F)F)C1=S. The average molecular weight is 446 g/mol. The minimum Gasteiger partial charge on any atom is -0.280 e. The molecule has 1 fully saturated rings. The number of hydrogen-bond donors (Lipinski definition) is 0. The summed E-state index contributed by atoms with van der Waals surface area (Å²) in [7, 11) is 0. The van der Waals surface area contributed by atoms with Crippen molar-refractivity contribution in [2.24, 2.45) is 5.41 Å². The summed E-state index contributed by atoms with van der Waals surface area (Å²) in [5, 5.41) is -0.633. The number of nitrogens with zero attached hydrogens (tertiary/aromatic N) is 2. The van der Waals surface area contributed by atoms with Crippen LogP contribution >= 0.6 is 12.2 Å². The first kappa shape index (κ1) is 24.4. The average Bonchev–Trinajstić information content (AvgIpc) is 2.66. The van der Waals surface area contributed by atoms with Crippen molar-refractivity contribution >= 4 is 29.1 Å². The van der Waals surface area contributed by atoms with Crippen molar-refractivity contribution in [1.82, 2.24) is 9.80 Å². The molecule has 0 saturated carbocycles. The number of alkyl halides is 9. The van der Waals surface area contributed by atoms with Gasteiger partial charge in [0.15, 0.2) is 5.11 Å². The molecule has 2 amide bonds. The lowest BCUT2D eigenvalue weighted by Gasteiger charge is -2.34. The highest BCUT2D eigenvalue weighted by Crippen LogP contribution is 2.54. The molecule has 0 unspecified atom stereocenters. The predicted octanol–water partition coefficient (Wildman–Crippen LogP) is 3.85. The molecule has 1 saturated heterocycles. The first-order valence-electron chi connectivity index (χ1n) is 7.55. The Balaban J connectivity index is 3.03. The van der Waals surface area contributed by atoms with E-state index in [1.165, 1.54) is 0 Å². The highest BCUT2D eigenvalue weighted by Gasteiger charge is 2.81. The summed E-state index contributed by atoms with van der Waals surface area (Å²) in [5.41, 5.74) is -0.609. The van der Waals surface area contributed by atoms with Crippen LogP contribution in [-0.2, 0) is 9.59 Å². The Hall–Kier alpha value is -1.60. The van der Waals surface area contributed by atoms with Crippen LogP contribution in [0.15, 0.2) is 0 Å². The van der Waals surface area contributed by atoms with Crippen molar-refractivity contribution in [3.05, 3.63) is 0 Å². The van der Waals surface area contributed by atoms with Gasteiger partial charge in [0.05, 0.1) is 0 Å². The maximum absolute atomic E-state index is 13.6. The van der Waals surface area contributed by atoms with Gasteiger partial charge in [0.25, 0.3) is 0 Å². The minimum absolute atomic E-state index is 0.147. The monoisotopic (exact) mass is 446 g/mol. The number of hydrogen-bond acceptors (Lipinski definition) is 3. The quantitative estimate of drug-likeness (QED) is 0.354. The Morgan fingerprint density at radius 1 is 0.786 bits per heavy atom. The van der Waals surface area contributed by atoms with Gasteiger partial charge in [-0.1, -0.05) is 20.8 Å². The van der Waals surface area contributed by atoms with Crippen LogP contribution in [0.25, 0.3) is 0 Å². The normalized spacial score (nSPS) is 17.8. The summed E-state index contributed by atoms with van der Waals surface area (Å²) >= 11 is 4.75. The Bertz CT molecular complexity index is 671. The van der Waals surface area contributed by atoms with Gasteiger partial charge in [-0.3, -0.25) is 19.4 Å². The number of rotatable bonds is 6. The molecule has 14 heteroatoms. The molecular formula is C14H15F9N2O2S. The largest absolute Gasteiger partial charge is 0.460 e. The first-order chi connectivity index (χ1) is 12.2. The summed E-state index contributed by atoms with van der Waals surface area (Å²) < 4.78 is 116. The molecule has 1 heterocycles. The van der Waals surface area contributed by atoms with E-state index in [0.717, 1.165) is 0 Å². The van der Waals surface area contributed by atoms with E-state index in [2.05, 4.69) is 0 Å². The van der Waals surface area contributed by atoms with Crippen molar-refractivity contribution in [2.75, 3.05) is 13.1 Å². The highest BCUT2D eigenvalue weighted by molar-refractivity contribution is 7.80. The molecule has 1 rings (SSSR count). The molecule has 0 aromatic carbocycles. The molecule has 0 aromatic heterocycles. The maximum atomic E-state index is 13.6. The van der Waals surface area contributed by atoms with E-state index in [-0.39, 0.29) is 11.4 Å². The van der Waals surface area contributed by atoms with Gasteiger partial charge in [0, 0.05) is 19.5 Å². The molecule has 1 aliphatic rings. The second-order valence-corrected chi connectivity index (χ2v) is 7.66. The summed E-state index contributed by atoms with van der Waals surface area (Å²) in [6.07, 6.45) is -9.22. The number of thiocarbonyl (C=S) groups is 1. The Morgan fingerprint density at radius 2 is 1.21 bits per heavy atom. The van der Waals surface area contributed by atoms with E-state index in [0.29, 0.717) is 4.90 Å². The van der Waals surface area contributed by atoms with Crippen molar-refractivity contribution in [2.45, 2.75) is 51.1 Å². The van der Waals surface area contributed by atoms with Gasteiger partial charge in [0.1, 0.15) is 0 Å². The lowest BCUT2D eigenvalue weighted by Crippen LogP contribution is -2.61. The number of halogens is 9. The van der Waals surface area contributed by atoms with E-state index < -0.39 is 59.3 Å². The summed E-state index contributed by atoms with van der Waals surface area (Å²) in [4.78, 5) is 24.6. The van der Waals surface area contributed by atoms with Crippen molar-refractivity contribution < 1.29 is 49.1 Å². The van der Waals surface area contributed by atoms with Gasteiger partial charge in [-0.2, -0.15) is 39.5 Å². The zero-order valence-corrected chi connectivity index (χ0v) is 15.5. The summed E-state index contributed by atoms with van der Waals surface area (Å²) in [6, 6.07) is 0. The zero-order chi connectivity index (χ0) is 22.5. The van der Waals surface area contributed by atoms with Crippen LogP contribution in [0, 0.1) is 5.41 Å². The fraction of sp³-hybridized carbons (Fsp3) is 0.786. The van der Waals surface area contributed by atoms with E-state index >= 15 is 0 Å². The highest BCUT2D eigenvalue weighted by atomic mass is 32.1. The van der Waals surface area contributed by atoms with Crippen LogP contribution in [0.5, 0.6) is 0 Å². The topological polar surface area (TPSA) is 40.6 Å². The third-order valence-corrected chi connectivity index (χ3v) is 4.07. The van der Waals surface area contributed by atoms with Crippen LogP contribution in [0.2, 0.25) is 0 Å². The lowest BCUT2D eigenvalue weighted by molar-refractivity contribution is -0.396. The number of amides is 2. The Labute approximate surface area is 158 Å². The molecule has 0 aliphatic carbocycles. The Kier molecular flexibility index (Phi) is 6.13. The molecule has 1 aliphatic heterocycles. The molecule has 0 aromatic rings. The number of carbonyl (C=O) groups excluding carboxylic acids is 2. The second-order valence-electron chi connectivity index (χ2n) is 7.29. The van der Waals surface area contributed by atoms with Crippen LogP contribution in [0.1, 0.15) is 27.2 Å². The second kappa shape index (κ2) is 7.02. The van der Waals surface area contributed by atoms with E-state index in [9.17, 15) is 49.1 Å². The maximum Gasteiger partial charge on any atom is 0.460 e. The molecule has 4 nitrogen and oxygen atoms in total. The Morgan fingerprint density at radius 3 is 1.61 bits per heavy atom. The third-order valence-electron chi connectivity index (χ3n) is 3.63. The summed E-state index contributed by atoms with van der Waals surface area (Å²) in [5.74, 6) is -22.4. The van der Waals surface area contributed by atoms with Gasteiger partial charge in [-0.25, -0.2) is 0 Å². The van der Waals surface area contributed by atoms with Gasteiger partial charge in [-0.05, 0) is 17.6 Å². The smallest absolute Gasteiger partial charge is 0.280 e. The van der Waals surface area contributed by atoms with Gasteiger partial charge >= 0.3 is 35.8 Å². The lowest BCUT2D eigenvalue weighted by atomic mass is 9.96. The predicted molar refractivity (Wildman–Crippen MR) is 81.0 cm³/mol. The van der Waals surface area contributed by atoms with Crippen LogP contribution in [-0.4, -0.2) is 63.8 Å². The zero-order valence-electron chi connectivity index (χ0n) is 14.6. The van der Waals surface area contributed by atoms with E-state index in [4.69, 9.17) is 12.2 Å². The van der Waals surface area contributed by atoms with E-state index in [1.54, 1.807) is 20.8 Å². The first-order valence-corrected chi connectivity index (χ1v) is 7.96. The van der Waals surface area contributed by atoms with Crippen LogP contribution in [0.3, 0.4) is 0 Å². The molecule has 0 atom stereocenters. The molecule has 0 radical (unpaired) electrons. The fourth-order valence-electron chi connectivity index (χ4n) is 2.18. The van der Waals surface area contributed by atoms with Gasteiger partial charge < -0.3 is 0 Å². The van der Waals surface area contributed by atoms with Crippen molar-refractivity contribution in [3.8, 4) is 0 Å². The molecule has 0 bridgehead atoms. The van der Waals surface area contributed by atoms with Crippen molar-refractivity contribution in [3.63, 3.8) is 0 Å². The molecule has 162 valence electrons. The van der Waals surface area contributed by atoms with Crippen molar-refractivity contribution in [1.29, 1.82) is 0 Å². The fourth-order valence-corrected chi connectivity index (χ4v) is 2.50. The molecule has 28 heavy (non-hydrogen) atoms. The molecule has 0 N–H and O–H groups in total. The van der Waals surface area contributed by atoms with Crippen LogP contribution < -0.4 is 0 Å². The van der Waals surface area contributed by atoms with Gasteiger partial charge in [0.2, 0.25) is 0 Å². The molecule has 0 spiro atoms. The standard InChI is InChI=1S/C14H15F9N2O2S/c1-10(2,3)6-25-8(27)7(26)24(9(25)28)5-4-11(15,16)12(17,18)13(19,20)14(21,22)23/h4-6H2,1-3H3. The summed E-state index contributed by atoms with van der Waals surface area (Å²) in [6.45, 7) is 3.28. The third kappa shape index (κ3) is 4.20. The van der Waals surface area contributed by atoms with Gasteiger partial charge in [-0.15, -0.1) is 0 Å². The minimum atomic E-state index is -7.02. The van der Waals surface area contributed by atoms with E-state index in [1.807, 2.05) is 0 Å². The number of carbonyl (C=O) groups is 2.